The third-order valence-electron chi connectivity index (χ3n) is 1.60. The molecule has 1 aromatic rings. The SMILES string of the molecule is CC(C)=C(O)c1ccccc1Cl. The molecule has 0 aliphatic heterocycles. The molecule has 0 amide bonds. The van der Waals surface area contributed by atoms with E-state index in [4.69, 9.17) is 11.6 Å². The standard InChI is InChI=1S/C10H11ClO/c1-7(2)10(12)8-5-3-4-6-9(8)11/h3-6,12H,1-2H3. The van der Waals surface area contributed by atoms with Gasteiger partial charge in [0.15, 0.2) is 0 Å². The van der Waals surface area contributed by atoms with Crippen LogP contribution >= 0.6 is 11.6 Å². The van der Waals surface area contributed by atoms with Crippen LogP contribution in [0.15, 0.2) is 29.8 Å². The van der Waals surface area contributed by atoms with Crippen molar-refractivity contribution in [2.75, 3.05) is 0 Å². The highest BCUT2D eigenvalue weighted by molar-refractivity contribution is 6.32. The molecule has 0 heterocycles. The Balaban J connectivity index is 3.21. The van der Waals surface area contributed by atoms with Crippen molar-refractivity contribution in [2.24, 2.45) is 0 Å². The van der Waals surface area contributed by atoms with Crippen LogP contribution < -0.4 is 0 Å². The molecule has 0 saturated carbocycles. The van der Waals surface area contributed by atoms with Gasteiger partial charge in [0.2, 0.25) is 0 Å². The number of halogens is 1. The van der Waals surface area contributed by atoms with Gasteiger partial charge in [-0.15, -0.1) is 0 Å². The number of aliphatic hydroxyl groups excluding tert-OH is 1. The van der Waals surface area contributed by atoms with E-state index in [0.717, 1.165) is 5.57 Å². The maximum absolute atomic E-state index is 9.57. The van der Waals surface area contributed by atoms with Crippen LogP contribution in [-0.2, 0) is 0 Å². The molecule has 1 nitrogen and oxygen atoms in total. The zero-order valence-corrected chi connectivity index (χ0v) is 7.89. The predicted molar refractivity (Wildman–Crippen MR) is 52.3 cm³/mol. The maximum atomic E-state index is 9.57. The van der Waals surface area contributed by atoms with E-state index in [1.807, 2.05) is 26.0 Å². The first-order chi connectivity index (χ1) is 5.63. The van der Waals surface area contributed by atoms with Crippen LogP contribution in [0, 0.1) is 0 Å². The molecule has 0 aliphatic carbocycles. The smallest absolute Gasteiger partial charge is 0.122 e. The molecule has 1 aromatic carbocycles. The Morgan fingerprint density at radius 1 is 1.25 bits per heavy atom. The Labute approximate surface area is 77.3 Å². The lowest BCUT2D eigenvalue weighted by Crippen LogP contribution is -1.86. The molecule has 2 heteroatoms. The van der Waals surface area contributed by atoms with E-state index < -0.39 is 0 Å². The Kier molecular flexibility index (Phi) is 2.77. The summed E-state index contributed by atoms with van der Waals surface area (Å²) in [6.45, 7) is 3.69. The van der Waals surface area contributed by atoms with Crippen LogP contribution in [0.3, 0.4) is 0 Å². The highest BCUT2D eigenvalue weighted by atomic mass is 35.5. The molecule has 0 atom stereocenters. The van der Waals surface area contributed by atoms with Crippen LogP contribution in [0.25, 0.3) is 5.76 Å². The van der Waals surface area contributed by atoms with E-state index in [9.17, 15) is 5.11 Å². The summed E-state index contributed by atoms with van der Waals surface area (Å²) in [6, 6.07) is 7.24. The molecule has 0 bridgehead atoms. The molecule has 1 N–H and O–H groups in total. The van der Waals surface area contributed by atoms with E-state index in [0.29, 0.717) is 10.6 Å². The molecule has 0 fully saturated rings. The Bertz CT molecular complexity index is 311. The minimum absolute atomic E-state index is 0.264. The van der Waals surface area contributed by atoms with E-state index in [1.54, 1.807) is 12.1 Å². The second kappa shape index (κ2) is 3.63. The molecular formula is C10H11ClO. The zero-order valence-electron chi connectivity index (χ0n) is 7.13. The fraction of sp³-hybridized carbons (Fsp3) is 0.200. The number of aliphatic hydroxyl groups is 1. The minimum atomic E-state index is 0.264. The maximum Gasteiger partial charge on any atom is 0.122 e. The lowest BCUT2D eigenvalue weighted by atomic mass is 10.1. The van der Waals surface area contributed by atoms with Gasteiger partial charge < -0.3 is 5.11 Å². The van der Waals surface area contributed by atoms with Crippen molar-refractivity contribution in [1.29, 1.82) is 0 Å². The molecule has 0 radical (unpaired) electrons. The normalized spacial score (nSPS) is 9.58. The van der Waals surface area contributed by atoms with E-state index in [2.05, 4.69) is 0 Å². The van der Waals surface area contributed by atoms with Gasteiger partial charge in [-0.1, -0.05) is 23.7 Å². The fourth-order valence-corrected chi connectivity index (χ4v) is 1.15. The van der Waals surface area contributed by atoms with Gasteiger partial charge in [-0.25, -0.2) is 0 Å². The first-order valence-electron chi connectivity index (χ1n) is 3.74. The van der Waals surface area contributed by atoms with Crippen LogP contribution in [0.4, 0.5) is 0 Å². The van der Waals surface area contributed by atoms with Crippen LogP contribution in [-0.4, -0.2) is 5.11 Å². The van der Waals surface area contributed by atoms with Crippen molar-refractivity contribution in [1.82, 2.24) is 0 Å². The van der Waals surface area contributed by atoms with E-state index in [1.165, 1.54) is 0 Å². The van der Waals surface area contributed by atoms with E-state index in [-0.39, 0.29) is 5.76 Å². The number of hydrogen-bond donors (Lipinski definition) is 1. The van der Waals surface area contributed by atoms with Crippen molar-refractivity contribution in [2.45, 2.75) is 13.8 Å². The van der Waals surface area contributed by atoms with Gasteiger partial charge in [0.1, 0.15) is 5.76 Å². The van der Waals surface area contributed by atoms with Gasteiger partial charge in [0.25, 0.3) is 0 Å². The number of allylic oxidation sites excluding steroid dienone is 1. The highest BCUT2D eigenvalue weighted by Gasteiger charge is 2.04. The molecule has 12 heavy (non-hydrogen) atoms. The second-order valence-electron chi connectivity index (χ2n) is 2.83. The van der Waals surface area contributed by atoms with Crippen molar-refractivity contribution < 1.29 is 5.11 Å². The molecular weight excluding hydrogens is 172 g/mol. The number of rotatable bonds is 1. The van der Waals surface area contributed by atoms with Crippen LogP contribution in [0.5, 0.6) is 0 Å². The summed E-state index contributed by atoms with van der Waals surface area (Å²) in [5.41, 5.74) is 1.56. The van der Waals surface area contributed by atoms with Gasteiger partial charge in [-0.3, -0.25) is 0 Å². The first kappa shape index (κ1) is 9.14. The summed E-state index contributed by atoms with van der Waals surface area (Å²) in [6.07, 6.45) is 0. The lowest BCUT2D eigenvalue weighted by molar-refractivity contribution is 0.506. The average Bonchev–Trinajstić information content (AvgIpc) is 2.04. The van der Waals surface area contributed by atoms with Crippen molar-refractivity contribution in [3.8, 4) is 0 Å². The highest BCUT2D eigenvalue weighted by Crippen LogP contribution is 2.23. The summed E-state index contributed by atoms with van der Waals surface area (Å²) in [4.78, 5) is 0. The van der Waals surface area contributed by atoms with Gasteiger partial charge in [0, 0.05) is 5.56 Å². The summed E-state index contributed by atoms with van der Waals surface area (Å²) in [7, 11) is 0. The molecule has 0 aromatic heterocycles. The molecule has 0 unspecified atom stereocenters. The molecule has 64 valence electrons. The first-order valence-corrected chi connectivity index (χ1v) is 4.12. The summed E-state index contributed by atoms with van der Waals surface area (Å²) in [5, 5.41) is 10.2. The topological polar surface area (TPSA) is 20.2 Å². The number of benzene rings is 1. The van der Waals surface area contributed by atoms with Crippen molar-refractivity contribution in [3.05, 3.63) is 40.4 Å². The van der Waals surface area contributed by atoms with E-state index >= 15 is 0 Å². The van der Waals surface area contributed by atoms with Gasteiger partial charge >= 0.3 is 0 Å². The summed E-state index contributed by atoms with van der Waals surface area (Å²) in [5.74, 6) is 0.264. The van der Waals surface area contributed by atoms with Crippen molar-refractivity contribution >= 4 is 17.4 Å². The third kappa shape index (κ3) is 1.80. The minimum Gasteiger partial charge on any atom is -0.507 e. The summed E-state index contributed by atoms with van der Waals surface area (Å²) < 4.78 is 0. The Morgan fingerprint density at radius 2 is 1.83 bits per heavy atom. The Hall–Kier alpha value is -0.950. The fourth-order valence-electron chi connectivity index (χ4n) is 0.923. The molecule has 0 saturated heterocycles. The van der Waals surface area contributed by atoms with Gasteiger partial charge in [-0.2, -0.15) is 0 Å². The molecule has 0 aliphatic rings. The van der Waals surface area contributed by atoms with Crippen LogP contribution in [0.2, 0.25) is 5.02 Å². The average molecular weight is 183 g/mol. The summed E-state index contributed by atoms with van der Waals surface area (Å²) >= 11 is 5.87. The van der Waals surface area contributed by atoms with Gasteiger partial charge in [0.05, 0.1) is 5.02 Å². The quantitative estimate of drug-likeness (QED) is 0.658. The monoisotopic (exact) mass is 182 g/mol. The van der Waals surface area contributed by atoms with Crippen LogP contribution in [0.1, 0.15) is 19.4 Å². The zero-order chi connectivity index (χ0) is 9.14. The lowest BCUT2D eigenvalue weighted by Gasteiger charge is -2.03. The predicted octanol–water partition coefficient (Wildman–Crippen LogP) is 3.65. The molecule has 1 rings (SSSR count). The third-order valence-corrected chi connectivity index (χ3v) is 1.93. The Morgan fingerprint density at radius 3 is 2.33 bits per heavy atom. The number of hydrogen-bond acceptors (Lipinski definition) is 1. The largest absolute Gasteiger partial charge is 0.507 e. The van der Waals surface area contributed by atoms with Gasteiger partial charge in [-0.05, 0) is 31.6 Å². The van der Waals surface area contributed by atoms with Crippen molar-refractivity contribution in [3.63, 3.8) is 0 Å². The second-order valence-corrected chi connectivity index (χ2v) is 3.24. The molecule has 0 spiro atoms.